The lowest BCUT2D eigenvalue weighted by Crippen LogP contribution is -2.66. The Bertz CT molecular complexity index is 1330. The van der Waals surface area contributed by atoms with Gasteiger partial charge in [0.2, 0.25) is 5.52 Å². The lowest BCUT2D eigenvalue weighted by Gasteiger charge is -2.43. The maximum absolute atomic E-state index is 2.34. The van der Waals surface area contributed by atoms with Crippen LogP contribution in [0.5, 0.6) is 0 Å². The van der Waals surface area contributed by atoms with Crippen molar-refractivity contribution in [2.24, 2.45) is 0 Å². The summed E-state index contributed by atoms with van der Waals surface area (Å²) in [5.41, 5.74) is 5.71. The maximum Gasteiger partial charge on any atom is 0.212 e. The van der Waals surface area contributed by atoms with Gasteiger partial charge >= 0.3 is 0 Å². The van der Waals surface area contributed by atoms with E-state index in [1.165, 1.54) is 97.8 Å². The zero-order valence-electron chi connectivity index (χ0n) is 26.7. The van der Waals surface area contributed by atoms with Crippen molar-refractivity contribution < 1.29 is 4.57 Å². The zero-order chi connectivity index (χ0) is 30.0. The molecule has 1 nitrogen and oxygen atoms in total. The minimum atomic E-state index is -0.950. The third kappa shape index (κ3) is 9.17. The fourth-order valence-corrected chi connectivity index (χ4v) is 6.86. The molecule has 5 rings (SSSR count). The highest BCUT2D eigenvalue weighted by Gasteiger charge is 2.29. The molecule has 2 heteroatoms. The Labute approximate surface area is 261 Å². The summed E-state index contributed by atoms with van der Waals surface area (Å²) in [6.45, 7) is 5.48. The van der Waals surface area contributed by atoms with Crippen LogP contribution in [0.2, 0.25) is 6.32 Å². The summed E-state index contributed by atoms with van der Waals surface area (Å²) < 4.78 is 2.25. The molecule has 0 saturated heterocycles. The Morgan fingerprint density at radius 3 is 1.35 bits per heavy atom. The van der Waals surface area contributed by atoms with Crippen LogP contribution in [-0.2, 0) is 6.54 Å². The van der Waals surface area contributed by atoms with Crippen LogP contribution >= 0.6 is 0 Å². The fraction of sp³-hybridized carbons (Fsp3) is 0.341. The highest BCUT2D eigenvalue weighted by molar-refractivity contribution is 7.11. The van der Waals surface area contributed by atoms with E-state index in [0.717, 1.165) is 6.54 Å². The Morgan fingerprint density at radius 2 is 0.860 bits per heavy atom. The Balaban J connectivity index is 0.000000292. The molecule has 0 aliphatic heterocycles. The molecule has 1 aromatic heterocycles. The molecular formula is C41H52BN. The van der Waals surface area contributed by atoms with E-state index in [9.17, 15) is 0 Å². The minimum absolute atomic E-state index is 0.950. The zero-order valence-corrected chi connectivity index (χ0v) is 26.7. The van der Waals surface area contributed by atoms with Crippen LogP contribution in [0.1, 0.15) is 78.1 Å². The monoisotopic (exact) mass is 569 g/mol. The van der Waals surface area contributed by atoms with Gasteiger partial charge in [-0.3, -0.25) is 0 Å². The number of aromatic nitrogens is 1. The summed E-state index contributed by atoms with van der Waals surface area (Å²) in [6, 6.07) is 46.4. The second kappa shape index (κ2) is 18.1. The molecule has 224 valence electrons. The van der Waals surface area contributed by atoms with E-state index in [0.29, 0.717) is 0 Å². The lowest BCUT2D eigenvalue weighted by molar-refractivity contribution is -0.667. The molecule has 4 aromatic carbocycles. The van der Waals surface area contributed by atoms with Gasteiger partial charge in [0.05, 0.1) is 6.15 Å². The molecule has 1 heterocycles. The van der Waals surface area contributed by atoms with Gasteiger partial charge in [0, 0.05) is 17.5 Å². The van der Waals surface area contributed by atoms with E-state index in [1.54, 1.807) is 0 Å². The smallest absolute Gasteiger partial charge is 0.200 e. The van der Waals surface area contributed by atoms with E-state index in [-0.39, 0.29) is 0 Å². The second-order valence-electron chi connectivity index (χ2n) is 12.1. The van der Waals surface area contributed by atoms with Crippen molar-refractivity contribution >= 4 is 33.4 Å². The molecule has 0 bridgehead atoms. The van der Waals surface area contributed by atoms with Crippen LogP contribution in [0.3, 0.4) is 0 Å². The number of pyridine rings is 1. The van der Waals surface area contributed by atoms with Crippen LogP contribution < -0.4 is 21.0 Å². The van der Waals surface area contributed by atoms with Crippen molar-refractivity contribution in [1.82, 2.24) is 0 Å². The topological polar surface area (TPSA) is 3.88 Å². The molecule has 0 N–H and O–H groups in total. The van der Waals surface area contributed by atoms with Gasteiger partial charge in [-0.1, -0.05) is 174 Å². The predicted molar refractivity (Wildman–Crippen MR) is 190 cm³/mol. The first-order chi connectivity index (χ1) is 21.3. The highest BCUT2D eigenvalue weighted by atomic mass is 14.9. The van der Waals surface area contributed by atoms with E-state index >= 15 is 0 Å². The number of hydrogen-bond donors (Lipinski definition) is 0. The molecule has 0 spiro atoms. The van der Waals surface area contributed by atoms with Gasteiger partial charge in [0.1, 0.15) is 6.54 Å². The number of unbranched alkanes of at least 4 members (excludes halogenated alkanes) is 9. The Kier molecular flexibility index (Phi) is 13.6. The summed E-state index contributed by atoms with van der Waals surface area (Å²) in [6.07, 6.45) is 16.2. The van der Waals surface area contributed by atoms with Crippen molar-refractivity contribution in [3.63, 3.8) is 0 Å². The van der Waals surface area contributed by atoms with Crippen LogP contribution in [0, 0.1) is 0 Å². The van der Waals surface area contributed by atoms with Gasteiger partial charge in [0.25, 0.3) is 0 Å². The Hall–Kier alpha value is -3.65. The van der Waals surface area contributed by atoms with E-state index in [1.807, 2.05) is 0 Å². The van der Waals surface area contributed by atoms with Crippen LogP contribution in [-0.4, -0.2) is 6.15 Å². The van der Waals surface area contributed by atoms with E-state index < -0.39 is 6.15 Å². The molecule has 0 unspecified atom stereocenters. The molecule has 0 aliphatic rings. The first-order valence-electron chi connectivity index (χ1n) is 17.0. The van der Waals surface area contributed by atoms with Gasteiger partial charge in [0.15, 0.2) is 6.20 Å². The minimum Gasteiger partial charge on any atom is -0.200 e. The summed E-state index contributed by atoms with van der Waals surface area (Å²) in [5.74, 6) is 0. The number of nitrogens with zero attached hydrogens (tertiary/aromatic N) is 1. The van der Waals surface area contributed by atoms with E-state index in [2.05, 4.69) is 152 Å². The van der Waals surface area contributed by atoms with Crippen molar-refractivity contribution in [3.8, 4) is 0 Å². The average Bonchev–Trinajstić information content (AvgIpc) is 3.08. The molecule has 0 amide bonds. The number of benzene rings is 4. The highest BCUT2D eigenvalue weighted by Crippen LogP contribution is 2.19. The van der Waals surface area contributed by atoms with Crippen molar-refractivity contribution in [2.45, 2.75) is 90.9 Å². The second-order valence-corrected chi connectivity index (χ2v) is 12.1. The standard InChI is InChI=1S/C30H40B.C11H12N/c1-2-3-4-5-6-7-8-9-10-20-27-31(28-21-14-11-15-22-28,29-23-16-12-17-24-29)30-25-18-13-19-26-30;1-2-12-9-5-7-10-6-3-4-8-11(10)12/h11-19,21-26H,2-10,20,27H2,1H3;3-9H,2H2,1H3/q-1;+1. The number of para-hydroxylation sites is 1. The van der Waals surface area contributed by atoms with E-state index in [4.69, 9.17) is 0 Å². The quantitative estimate of drug-likeness (QED) is 0.0672. The number of hydrogen-bond acceptors (Lipinski definition) is 0. The average molecular weight is 570 g/mol. The molecule has 43 heavy (non-hydrogen) atoms. The fourth-order valence-electron chi connectivity index (χ4n) is 6.86. The molecule has 0 aliphatic carbocycles. The van der Waals surface area contributed by atoms with Crippen molar-refractivity contribution in [2.75, 3.05) is 0 Å². The predicted octanol–water partition coefficient (Wildman–Crippen LogP) is 9.22. The first kappa shape index (κ1) is 32.3. The summed E-state index contributed by atoms with van der Waals surface area (Å²) in [7, 11) is 0. The summed E-state index contributed by atoms with van der Waals surface area (Å²) in [4.78, 5) is 0. The van der Waals surface area contributed by atoms with Gasteiger partial charge < -0.3 is 0 Å². The van der Waals surface area contributed by atoms with Crippen LogP contribution in [0.25, 0.3) is 10.9 Å². The molecule has 0 radical (unpaired) electrons. The third-order valence-electron chi connectivity index (χ3n) is 9.23. The maximum atomic E-state index is 2.34. The number of aryl methyl sites for hydroxylation is 1. The number of fused-ring (bicyclic) bond motifs is 1. The normalized spacial score (nSPS) is 11.2. The van der Waals surface area contributed by atoms with Crippen LogP contribution in [0.15, 0.2) is 134 Å². The summed E-state index contributed by atoms with van der Waals surface area (Å²) >= 11 is 0. The lowest BCUT2D eigenvalue weighted by atomic mass is 9.14. The molecular weight excluding hydrogens is 517 g/mol. The molecule has 0 fully saturated rings. The Morgan fingerprint density at radius 1 is 0.442 bits per heavy atom. The van der Waals surface area contributed by atoms with Gasteiger partial charge in [-0.15, -0.1) is 0 Å². The summed E-state index contributed by atoms with van der Waals surface area (Å²) in [5, 5.41) is 1.31. The third-order valence-corrected chi connectivity index (χ3v) is 9.23. The van der Waals surface area contributed by atoms with Crippen LogP contribution in [0.4, 0.5) is 0 Å². The SMILES string of the molecule is CCCCCCCCCCCC[B-](c1ccccc1)(c1ccccc1)c1ccccc1.CC[n+]1cccc2ccccc21. The molecule has 0 atom stereocenters. The number of rotatable bonds is 15. The van der Waals surface area contributed by atoms with Gasteiger partial charge in [-0.25, -0.2) is 0 Å². The molecule has 0 saturated carbocycles. The van der Waals surface area contributed by atoms with Crippen molar-refractivity contribution in [1.29, 1.82) is 0 Å². The first-order valence-corrected chi connectivity index (χ1v) is 17.0. The van der Waals surface area contributed by atoms with Crippen molar-refractivity contribution in [3.05, 3.63) is 134 Å². The largest absolute Gasteiger partial charge is 0.212 e. The molecule has 5 aromatic rings. The van der Waals surface area contributed by atoms with Gasteiger partial charge in [-0.2, -0.15) is 27.3 Å². The van der Waals surface area contributed by atoms with Gasteiger partial charge in [-0.05, 0) is 19.1 Å².